The molecular formula is C20H17N3OS. The van der Waals surface area contributed by atoms with E-state index in [0.717, 1.165) is 27.3 Å². The highest BCUT2D eigenvalue weighted by molar-refractivity contribution is 7.20. The van der Waals surface area contributed by atoms with Gasteiger partial charge in [0.25, 0.3) is 5.91 Å². The molecule has 2 aromatic heterocycles. The van der Waals surface area contributed by atoms with E-state index >= 15 is 0 Å². The number of para-hydroxylation sites is 1. The number of nitrogens with one attached hydrogen (secondary N) is 1. The van der Waals surface area contributed by atoms with Gasteiger partial charge in [0.05, 0.1) is 16.3 Å². The van der Waals surface area contributed by atoms with Crippen LogP contribution in [0.15, 0.2) is 60.7 Å². The van der Waals surface area contributed by atoms with E-state index in [4.69, 9.17) is 0 Å². The van der Waals surface area contributed by atoms with Gasteiger partial charge in [0.15, 0.2) is 0 Å². The molecule has 25 heavy (non-hydrogen) atoms. The third-order valence-corrected chi connectivity index (χ3v) is 5.16. The van der Waals surface area contributed by atoms with Gasteiger partial charge in [0.1, 0.15) is 4.83 Å². The summed E-state index contributed by atoms with van der Waals surface area (Å²) in [6.07, 6.45) is 0. The van der Waals surface area contributed by atoms with Crippen molar-refractivity contribution in [2.24, 2.45) is 0 Å². The van der Waals surface area contributed by atoms with Crippen LogP contribution in [0.2, 0.25) is 0 Å². The zero-order valence-corrected chi connectivity index (χ0v) is 14.8. The molecule has 0 fully saturated rings. The number of nitrogens with zero attached hydrogens (tertiary/aromatic N) is 2. The minimum atomic E-state index is -0.0948. The zero-order chi connectivity index (χ0) is 17.4. The van der Waals surface area contributed by atoms with Crippen LogP contribution in [0.4, 0.5) is 5.69 Å². The Bertz CT molecular complexity index is 1060. The van der Waals surface area contributed by atoms with Crippen LogP contribution in [0.25, 0.3) is 15.9 Å². The number of fused-ring (bicyclic) bond motifs is 1. The summed E-state index contributed by atoms with van der Waals surface area (Å²) in [6, 6.07) is 19.6. The van der Waals surface area contributed by atoms with Gasteiger partial charge in [-0.2, -0.15) is 5.10 Å². The summed E-state index contributed by atoms with van der Waals surface area (Å²) in [5.41, 5.74) is 3.90. The maximum atomic E-state index is 12.6. The van der Waals surface area contributed by atoms with Gasteiger partial charge < -0.3 is 5.32 Å². The molecule has 4 aromatic rings. The first-order valence-electron chi connectivity index (χ1n) is 8.04. The van der Waals surface area contributed by atoms with Gasteiger partial charge in [0, 0.05) is 11.1 Å². The minimum absolute atomic E-state index is 0.0948. The Morgan fingerprint density at radius 2 is 1.84 bits per heavy atom. The Balaban J connectivity index is 1.73. The number of thiophene rings is 1. The summed E-state index contributed by atoms with van der Waals surface area (Å²) in [6.45, 7) is 4.03. The van der Waals surface area contributed by atoms with Gasteiger partial charge in [-0.25, -0.2) is 4.68 Å². The van der Waals surface area contributed by atoms with Gasteiger partial charge in [-0.1, -0.05) is 30.3 Å². The quantitative estimate of drug-likeness (QED) is 0.569. The van der Waals surface area contributed by atoms with Crippen LogP contribution >= 0.6 is 11.3 Å². The first kappa shape index (κ1) is 15.6. The molecule has 0 atom stereocenters. The molecule has 0 bridgehead atoms. The van der Waals surface area contributed by atoms with E-state index in [2.05, 4.69) is 29.5 Å². The van der Waals surface area contributed by atoms with E-state index < -0.39 is 0 Å². The van der Waals surface area contributed by atoms with Gasteiger partial charge in [-0.15, -0.1) is 11.3 Å². The lowest BCUT2D eigenvalue weighted by molar-refractivity contribution is 0.103. The molecule has 4 rings (SSSR count). The molecule has 0 aliphatic rings. The molecular weight excluding hydrogens is 330 g/mol. The molecule has 0 saturated heterocycles. The lowest BCUT2D eigenvalue weighted by Crippen LogP contribution is -2.09. The number of carbonyl (C=O) groups excluding carboxylic acids is 1. The number of anilines is 1. The summed E-state index contributed by atoms with van der Waals surface area (Å²) in [5, 5.41) is 8.60. The first-order chi connectivity index (χ1) is 12.1. The van der Waals surface area contributed by atoms with Crippen molar-refractivity contribution in [2.45, 2.75) is 13.8 Å². The lowest BCUT2D eigenvalue weighted by Gasteiger charge is -2.04. The third-order valence-electron chi connectivity index (χ3n) is 4.05. The van der Waals surface area contributed by atoms with Crippen molar-refractivity contribution >= 4 is 33.1 Å². The van der Waals surface area contributed by atoms with E-state index in [1.165, 1.54) is 16.9 Å². The van der Waals surface area contributed by atoms with Crippen molar-refractivity contribution in [1.82, 2.24) is 9.78 Å². The SMILES string of the molecule is Cc1cccc(-n2nc(C)c3cc(C(=O)Nc4ccccc4)sc32)c1. The molecule has 1 N–H and O–H groups in total. The van der Waals surface area contributed by atoms with Crippen LogP contribution in [-0.2, 0) is 0 Å². The fraction of sp³-hybridized carbons (Fsp3) is 0.100. The average molecular weight is 347 g/mol. The number of rotatable bonds is 3. The molecule has 5 heteroatoms. The van der Waals surface area contributed by atoms with Gasteiger partial charge >= 0.3 is 0 Å². The molecule has 1 amide bonds. The summed E-state index contributed by atoms with van der Waals surface area (Å²) in [4.78, 5) is 14.2. The normalized spacial score (nSPS) is 11.0. The van der Waals surface area contributed by atoms with Gasteiger partial charge in [-0.05, 0) is 49.7 Å². The number of hydrogen-bond acceptors (Lipinski definition) is 3. The van der Waals surface area contributed by atoms with Crippen molar-refractivity contribution < 1.29 is 4.79 Å². The predicted molar refractivity (Wildman–Crippen MR) is 103 cm³/mol. The number of benzene rings is 2. The number of carbonyl (C=O) groups is 1. The Morgan fingerprint density at radius 3 is 2.60 bits per heavy atom. The maximum absolute atomic E-state index is 12.6. The Hall–Kier alpha value is -2.92. The van der Waals surface area contributed by atoms with Crippen LogP contribution in [-0.4, -0.2) is 15.7 Å². The van der Waals surface area contributed by atoms with Crippen LogP contribution < -0.4 is 5.32 Å². The second-order valence-corrected chi connectivity index (χ2v) is 7.02. The second kappa shape index (κ2) is 6.18. The van der Waals surface area contributed by atoms with Crippen LogP contribution in [0.1, 0.15) is 20.9 Å². The van der Waals surface area contributed by atoms with Crippen LogP contribution in [0.3, 0.4) is 0 Å². The molecule has 2 aromatic carbocycles. The van der Waals surface area contributed by atoms with E-state index in [9.17, 15) is 4.79 Å². The largest absolute Gasteiger partial charge is 0.321 e. The summed E-state index contributed by atoms with van der Waals surface area (Å²) < 4.78 is 1.92. The van der Waals surface area contributed by atoms with E-state index in [0.29, 0.717) is 4.88 Å². The van der Waals surface area contributed by atoms with Crippen LogP contribution in [0.5, 0.6) is 0 Å². The van der Waals surface area contributed by atoms with E-state index in [1.807, 2.05) is 60.1 Å². The zero-order valence-electron chi connectivity index (χ0n) is 14.0. The predicted octanol–water partition coefficient (Wildman–Crippen LogP) is 4.96. The first-order valence-corrected chi connectivity index (χ1v) is 8.86. The Labute approximate surface area is 149 Å². The Kier molecular flexibility index (Phi) is 3.86. The monoisotopic (exact) mass is 347 g/mol. The fourth-order valence-corrected chi connectivity index (χ4v) is 3.89. The molecule has 124 valence electrons. The van der Waals surface area contributed by atoms with E-state index in [-0.39, 0.29) is 5.91 Å². The molecule has 0 aliphatic carbocycles. The van der Waals surface area contributed by atoms with Crippen molar-refractivity contribution in [3.8, 4) is 5.69 Å². The average Bonchev–Trinajstić information content (AvgIpc) is 3.17. The summed E-state index contributed by atoms with van der Waals surface area (Å²) in [7, 11) is 0. The molecule has 0 spiro atoms. The molecule has 4 nitrogen and oxygen atoms in total. The maximum Gasteiger partial charge on any atom is 0.265 e. The summed E-state index contributed by atoms with van der Waals surface area (Å²) >= 11 is 1.46. The van der Waals surface area contributed by atoms with E-state index in [1.54, 1.807) is 0 Å². The fourth-order valence-electron chi connectivity index (χ4n) is 2.81. The van der Waals surface area contributed by atoms with Crippen molar-refractivity contribution in [2.75, 3.05) is 5.32 Å². The molecule has 0 saturated carbocycles. The van der Waals surface area contributed by atoms with Crippen molar-refractivity contribution in [3.05, 3.63) is 76.8 Å². The van der Waals surface area contributed by atoms with Gasteiger partial charge in [0.2, 0.25) is 0 Å². The van der Waals surface area contributed by atoms with Crippen molar-refractivity contribution in [3.63, 3.8) is 0 Å². The number of aromatic nitrogens is 2. The lowest BCUT2D eigenvalue weighted by atomic mass is 10.2. The number of amides is 1. The summed E-state index contributed by atoms with van der Waals surface area (Å²) in [5.74, 6) is -0.0948. The molecule has 0 unspecified atom stereocenters. The smallest absolute Gasteiger partial charge is 0.265 e. The third kappa shape index (κ3) is 2.94. The number of hydrogen-bond donors (Lipinski definition) is 1. The van der Waals surface area contributed by atoms with Crippen molar-refractivity contribution in [1.29, 1.82) is 0 Å². The second-order valence-electron chi connectivity index (χ2n) is 5.99. The standard InChI is InChI=1S/C20H17N3OS/c1-13-7-6-10-16(11-13)23-20-17(14(2)22-23)12-18(25-20)19(24)21-15-8-4-3-5-9-15/h3-12H,1-2H3,(H,21,24). The van der Waals surface area contributed by atoms with Gasteiger partial charge in [-0.3, -0.25) is 4.79 Å². The number of aryl methyl sites for hydroxylation is 2. The minimum Gasteiger partial charge on any atom is -0.321 e. The molecule has 2 heterocycles. The molecule has 0 radical (unpaired) electrons. The Morgan fingerprint density at radius 1 is 1.04 bits per heavy atom. The highest BCUT2D eigenvalue weighted by atomic mass is 32.1. The molecule has 0 aliphatic heterocycles. The topological polar surface area (TPSA) is 46.9 Å². The van der Waals surface area contributed by atoms with Crippen LogP contribution in [0, 0.1) is 13.8 Å². The highest BCUT2D eigenvalue weighted by Gasteiger charge is 2.17. The highest BCUT2D eigenvalue weighted by Crippen LogP contribution is 2.31.